The molecule has 6 nitrogen and oxygen atoms in total. The second-order valence-electron chi connectivity index (χ2n) is 4.12. The standard InChI is InChI=1S/C13H16N4O2/c1-2-16-8-7-15-13(16)10-14-9-11-5-3-4-6-12(11)17(18)19/h3-8,14H,2,9-10H2,1H3. The van der Waals surface area contributed by atoms with Gasteiger partial charge in [0, 0.05) is 37.1 Å². The first-order valence-electron chi connectivity index (χ1n) is 6.15. The van der Waals surface area contributed by atoms with Crippen molar-refractivity contribution in [1.82, 2.24) is 14.9 Å². The Hall–Kier alpha value is -2.21. The number of nitrogens with zero attached hydrogens (tertiary/aromatic N) is 3. The van der Waals surface area contributed by atoms with Crippen LogP contribution in [0.5, 0.6) is 0 Å². The molecule has 0 spiro atoms. The van der Waals surface area contributed by atoms with Gasteiger partial charge in [0.2, 0.25) is 0 Å². The molecule has 2 rings (SSSR count). The van der Waals surface area contributed by atoms with Gasteiger partial charge in [0.25, 0.3) is 5.69 Å². The van der Waals surface area contributed by atoms with Crippen molar-refractivity contribution in [1.29, 1.82) is 0 Å². The summed E-state index contributed by atoms with van der Waals surface area (Å²) in [6.45, 7) is 3.95. The molecule has 0 aliphatic carbocycles. The molecule has 1 heterocycles. The first kappa shape index (κ1) is 13.2. The Labute approximate surface area is 111 Å². The molecule has 0 bridgehead atoms. The summed E-state index contributed by atoms with van der Waals surface area (Å²) in [6.07, 6.45) is 3.67. The van der Waals surface area contributed by atoms with E-state index in [1.165, 1.54) is 6.07 Å². The Morgan fingerprint density at radius 3 is 2.89 bits per heavy atom. The van der Waals surface area contributed by atoms with Crippen molar-refractivity contribution >= 4 is 5.69 Å². The molecule has 0 saturated heterocycles. The summed E-state index contributed by atoms with van der Waals surface area (Å²) in [4.78, 5) is 14.8. The van der Waals surface area contributed by atoms with Crippen molar-refractivity contribution in [3.05, 3.63) is 58.2 Å². The van der Waals surface area contributed by atoms with Crippen LogP contribution in [0.25, 0.3) is 0 Å². The number of nitro groups is 1. The van der Waals surface area contributed by atoms with Crippen molar-refractivity contribution in [2.75, 3.05) is 0 Å². The lowest BCUT2D eigenvalue weighted by atomic mass is 10.2. The van der Waals surface area contributed by atoms with Gasteiger partial charge in [-0.2, -0.15) is 0 Å². The number of aromatic nitrogens is 2. The van der Waals surface area contributed by atoms with Gasteiger partial charge >= 0.3 is 0 Å². The number of rotatable bonds is 6. The van der Waals surface area contributed by atoms with Gasteiger partial charge in [0.1, 0.15) is 5.82 Å². The van der Waals surface area contributed by atoms with E-state index >= 15 is 0 Å². The van der Waals surface area contributed by atoms with Crippen LogP contribution in [0.4, 0.5) is 5.69 Å². The zero-order valence-corrected chi connectivity index (χ0v) is 10.7. The molecule has 0 saturated carbocycles. The molecular formula is C13H16N4O2. The maximum atomic E-state index is 10.9. The zero-order valence-electron chi connectivity index (χ0n) is 10.7. The normalized spacial score (nSPS) is 10.6. The molecule has 100 valence electrons. The topological polar surface area (TPSA) is 73.0 Å². The van der Waals surface area contributed by atoms with E-state index < -0.39 is 0 Å². The van der Waals surface area contributed by atoms with Gasteiger partial charge in [0.15, 0.2) is 0 Å². The average Bonchev–Trinajstić information content (AvgIpc) is 2.86. The van der Waals surface area contributed by atoms with Crippen molar-refractivity contribution in [3.63, 3.8) is 0 Å². The molecule has 0 aliphatic heterocycles. The molecule has 19 heavy (non-hydrogen) atoms. The Morgan fingerprint density at radius 2 is 2.16 bits per heavy atom. The van der Waals surface area contributed by atoms with Crippen LogP contribution in [0.1, 0.15) is 18.3 Å². The van der Waals surface area contributed by atoms with Crippen LogP contribution in [0, 0.1) is 10.1 Å². The van der Waals surface area contributed by atoms with Crippen molar-refractivity contribution in [2.45, 2.75) is 26.6 Å². The third-order valence-electron chi connectivity index (χ3n) is 2.93. The fourth-order valence-corrected chi connectivity index (χ4v) is 1.94. The van der Waals surface area contributed by atoms with E-state index in [0.29, 0.717) is 18.7 Å². The molecule has 0 amide bonds. The Morgan fingerprint density at radius 1 is 1.37 bits per heavy atom. The third-order valence-corrected chi connectivity index (χ3v) is 2.93. The largest absolute Gasteiger partial charge is 0.334 e. The highest BCUT2D eigenvalue weighted by Crippen LogP contribution is 2.17. The van der Waals surface area contributed by atoms with Gasteiger partial charge in [-0.25, -0.2) is 4.98 Å². The molecule has 0 radical (unpaired) electrons. The number of benzene rings is 1. The van der Waals surface area contributed by atoms with Gasteiger partial charge < -0.3 is 9.88 Å². The summed E-state index contributed by atoms with van der Waals surface area (Å²) in [5.41, 5.74) is 0.830. The fourth-order valence-electron chi connectivity index (χ4n) is 1.94. The molecule has 1 N–H and O–H groups in total. The molecule has 1 aromatic carbocycles. The van der Waals surface area contributed by atoms with E-state index in [2.05, 4.69) is 10.3 Å². The Balaban J connectivity index is 1.98. The van der Waals surface area contributed by atoms with Crippen LogP contribution in [0.3, 0.4) is 0 Å². The van der Waals surface area contributed by atoms with Gasteiger partial charge in [-0.3, -0.25) is 10.1 Å². The summed E-state index contributed by atoms with van der Waals surface area (Å²) >= 11 is 0. The number of hydrogen-bond donors (Lipinski definition) is 1. The van der Waals surface area contributed by atoms with Crippen molar-refractivity contribution in [3.8, 4) is 0 Å². The monoisotopic (exact) mass is 260 g/mol. The molecular weight excluding hydrogens is 244 g/mol. The molecule has 0 fully saturated rings. The maximum absolute atomic E-state index is 10.9. The highest BCUT2D eigenvalue weighted by atomic mass is 16.6. The molecule has 6 heteroatoms. The summed E-state index contributed by atoms with van der Waals surface area (Å²) in [7, 11) is 0. The Bertz CT molecular complexity index is 565. The van der Waals surface area contributed by atoms with Gasteiger partial charge in [0.05, 0.1) is 11.5 Å². The summed E-state index contributed by atoms with van der Waals surface area (Å²) in [5, 5.41) is 14.1. The van der Waals surface area contributed by atoms with Crippen molar-refractivity contribution in [2.24, 2.45) is 0 Å². The second kappa shape index (κ2) is 6.10. The average molecular weight is 260 g/mol. The van der Waals surface area contributed by atoms with E-state index in [1.807, 2.05) is 17.7 Å². The minimum Gasteiger partial charge on any atom is -0.334 e. The lowest BCUT2D eigenvalue weighted by Crippen LogP contribution is -2.17. The van der Waals surface area contributed by atoms with Crippen LogP contribution < -0.4 is 5.32 Å². The van der Waals surface area contributed by atoms with E-state index in [-0.39, 0.29) is 10.6 Å². The Kier molecular flexibility index (Phi) is 4.25. The highest BCUT2D eigenvalue weighted by Gasteiger charge is 2.11. The first-order chi connectivity index (χ1) is 9.22. The molecule has 0 atom stereocenters. The number of imidazole rings is 1. The van der Waals surface area contributed by atoms with Crippen LogP contribution in [-0.4, -0.2) is 14.5 Å². The minimum atomic E-state index is -0.357. The van der Waals surface area contributed by atoms with Crippen LogP contribution in [0.15, 0.2) is 36.7 Å². The number of aryl methyl sites for hydroxylation is 1. The van der Waals surface area contributed by atoms with E-state index in [0.717, 1.165) is 12.4 Å². The molecule has 2 aromatic rings. The molecule has 0 unspecified atom stereocenters. The third kappa shape index (κ3) is 3.17. The smallest absolute Gasteiger partial charge is 0.273 e. The summed E-state index contributed by atoms with van der Waals surface area (Å²) < 4.78 is 2.03. The zero-order chi connectivity index (χ0) is 13.7. The van der Waals surface area contributed by atoms with Gasteiger partial charge in [-0.1, -0.05) is 18.2 Å². The van der Waals surface area contributed by atoms with E-state index in [4.69, 9.17) is 0 Å². The van der Waals surface area contributed by atoms with E-state index in [9.17, 15) is 10.1 Å². The lowest BCUT2D eigenvalue weighted by Gasteiger charge is -2.07. The van der Waals surface area contributed by atoms with Crippen LogP contribution >= 0.6 is 0 Å². The minimum absolute atomic E-state index is 0.147. The predicted octanol–water partition coefficient (Wildman–Crippen LogP) is 2.10. The number of nitro benzene ring substituents is 1. The number of para-hydroxylation sites is 1. The lowest BCUT2D eigenvalue weighted by molar-refractivity contribution is -0.385. The second-order valence-corrected chi connectivity index (χ2v) is 4.12. The summed E-state index contributed by atoms with van der Waals surface area (Å²) in [6, 6.07) is 6.75. The summed E-state index contributed by atoms with van der Waals surface area (Å²) in [5.74, 6) is 0.932. The van der Waals surface area contributed by atoms with Gasteiger partial charge in [-0.05, 0) is 6.92 Å². The number of hydrogen-bond acceptors (Lipinski definition) is 4. The van der Waals surface area contributed by atoms with E-state index in [1.54, 1.807) is 24.4 Å². The molecule has 1 aromatic heterocycles. The SMILES string of the molecule is CCn1ccnc1CNCc1ccccc1[N+](=O)[O-]. The number of nitrogens with one attached hydrogen (secondary N) is 1. The first-order valence-corrected chi connectivity index (χ1v) is 6.15. The quantitative estimate of drug-likeness (QED) is 0.637. The van der Waals surface area contributed by atoms with Crippen LogP contribution in [-0.2, 0) is 19.6 Å². The fraction of sp³-hybridized carbons (Fsp3) is 0.308. The maximum Gasteiger partial charge on any atom is 0.273 e. The molecule has 0 aliphatic rings. The van der Waals surface area contributed by atoms with Gasteiger partial charge in [-0.15, -0.1) is 0 Å². The van der Waals surface area contributed by atoms with Crippen molar-refractivity contribution < 1.29 is 4.92 Å². The predicted molar refractivity (Wildman–Crippen MR) is 71.5 cm³/mol. The highest BCUT2D eigenvalue weighted by molar-refractivity contribution is 5.39. The van der Waals surface area contributed by atoms with Crippen LogP contribution in [0.2, 0.25) is 0 Å².